The molecule has 0 bridgehead atoms. The van der Waals surface area contributed by atoms with Crippen molar-refractivity contribution in [2.45, 2.75) is 0 Å². The van der Waals surface area contributed by atoms with Crippen LogP contribution in [0.4, 0.5) is 0 Å². The maximum absolute atomic E-state index is 7.78. The quantitative estimate of drug-likeness (QED) is 0.465. The summed E-state index contributed by atoms with van der Waals surface area (Å²) in [5, 5.41) is 7.78. The molecule has 0 saturated heterocycles. The first-order chi connectivity index (χ1) is 1.91. The standard InChI is InChI=1S/CH3OPS/c2-1-3-4/h2H,1H2/p+1. The average Bonchev–Trinajstić information content (AvgIpc) is 1.37. The maximum Gasteiger partial charge on any atom is 0.212 e. The zero-order valence-corrected chi connectivity index (χ0v) is 3.88. The molecule has 0 aromatic heterocycles. The molecule has 1 unspecified atom stereocenters. The highest BCUT2D eigenvalue weighted by Crippen LogP contribution is 1.80. The van der Waals surface area contributed by atoms with Crippen LogP contribution in [0.15, 0.2) is 0 Å². The second-order valence-electron chi connectivity index (χ2n) is 0.302. The molecule has 1 N–H and O–H groups in total. The number of rotatable bonds is 1. The van der Waals surface area contributed by atoms with E-state index in [4.69, 9.17) is 5.11 Å². The van der Waals surface area contributed by atoms with E-state index >= 15 is 0 Å². The molecule has 0 aromatic rings. The fourth-order valence-corrected chi connectivity index (χ4v) is 0. The van der Waals surface area contributed by atoms with Gasteiger partial charge in [-0.15, -0.1) is 0 Å². The van der Waals surface area contributed by atoms with Gasteiger partial charge in [-0.05, 0) is 0 Å². The molecule has 1 nitrogen and oxygen atoms in total. The van der Waals surface area contributed by atoms with Gasteiger partial charge in [0.1, 0.15) is 0 Å². The van der Waals surface area contributed by atoms with Gasteiger partial charge in [0.05, 0.1) is 0 Å². The Morgan fingerprint density at radius 1 is 2.00 bits per heavy atom. The van der Waals surface area contributed by atoms with E-state index in [2.05, 4.69) is 11.8 Å². The maximum atomic E-state index is 7.78. The predicted octanol–water partition coefficient (Wildman–Crippen LogP) is 0.0766. The summed E-state index contributed by atoms with van der Waals surface area (Å²) >= 11 is 4.33. The van der Waals surface area contributed by atoms with Gasteiger partial charge < -0.3 is 5.11 Å². The normalized spacial score (nSPS) is 8.25. The Hall–Kier alpha value is 0.480. The van der Waals surface area contributed by atoms with Gasteiger partial charge in [-0.3, -0.25) is 0 Å². The van der Waals surface area contributed by atoms with Crippen LogP contribution in [-0.4, -0.2) is 11.5 Å². The third kappa shape index (κ3) is 2.48. The first-order valence-electron chi connectivity index (χ1n) is 0.874. The molecule has 0 spiro atoms. The minimum atomic E-state index is 0.162. The number of aliphatic hydroxyl groups excluding tert-OH is 1. The van der Waals surface area contributed by atoms with Crippen molar-refractivity contribution < 1.29 is 5.11 Å². The second-order valence-corrected chi connectivity index (χ2v) is 1.77. The van der Waals surface area contributed by atoms with Crippen molar-refractivity contribution in [1.29, 1.82) is 0 Å². The molecule has 3 heteroatoms. The first kappa shape index (κ1) is 4.48. The Bertz CT molecular complexity index is 22.0. The summed E-state index contributed by atoms with van der Waals surface area (Å²) in [5.41, 5.74) is 0. The van der Waals surface area contributed by atoms with Gasteiger partial charge in [0, 0.05) is 0 Å². The monoisotopic (exact) mass is 95.0 g/mol. The lowest BCUT2D eigenvalue weighted by Gasteiger charge is -1.45. The van der Waals surface area contributed by atoms with Gasteiger partial charge in [0.15, 0.2) is 19.2 Å². The van der Waals surface area contributed by atoms with Crippen molar-refractivity contribution in [3.63, 3.8) is 0 Å². The molecule has 0 saturated carbocycles. The van der Waals surface area contributed by atoms with E-state index in [9.17, 15) is 0 Å². The van der Waals surface area contributed by atoms with Crippen molar-refractivity contribution in [3.05, 3.63) is 0 Å². The highest BCUT2D eigenvalue weighted by atomic mass is 32.4. The topological polar surface area (TPSA) is 20.2 Å². The molecule has 4 heavy (non-hydrogen) atoms. The fourth-order valence-electron chi connectivity index (χ4n) is 0. The van der Waals surface area contributed by atoms with Crippen molar-refractivity contribution in [2.75, 3.05) is 6.35 Å². The van der Waals surface area contributed by atoms with Crippen LogP contribution >= 0.6 is 7.36 Å². The van der Waals surface area contributed by atoms with Crippen molar-refractivity contribution >= 4 is 19.2 Å². The van der Waals surface area contributed by atoms with E-state index in [1.165, 1.54) is 0 Å². The molecular formula is CH4OPS+. The molecule has 1 atom stereocenters. The summed E-state index contributed by atoms with van der Waals surface area (Å²) in [4.78, 5) is 0. The Labute approximate surface area is 31.5 Å². The number of hydrogen-bond donors (Lipinski definition) is 1. The van der Waals surface area contributed by atoms with Crippen LogP contribution in [-0.2, 0) is 11.8 Å². The average molecular weight is 95.1 g/mol. The van der Waals surface area contributed by atoms with Gasteiger partial charge in [0.2, 0.25) is 6.35 Å². The summed E-state index contributed by atoms with van der Waals surface area (Å²) in [6, 6.07) is 0. The fraction of sp³-hybridized carbons (Fsp3) is 1.00. The lowest BCUT2D eigenvalue weighted by atomic mass is 11.7. The first-order valence-corrected chi connectivity index (χ1v) is 3.21. The predicted molar refractivity (Wildman–Crippen MR) is 22.8 cm³/mol. The molecule has 0 rings (SSSR count). The van der Waals surface area contributed by atoms with Crippen LogP contribution in [0.25, 0.3) is 0 Å². The number of hydrogen-bond acceptors (Lipinski definition) is 2. The molecule has 0 aromatic carbocycles. The molecule has 0 aliphatic carbocycles. The van der Waals surface area contributed by atoms with Gasteiger partial charge in [-0.2, -0.15) is 0 Å². The van der Waals surface area contributed by atoms with Crippen LogP contribution in [0.3, 0.4) is 0 Å². The molecule has 0 aliphatic rings. The third-order valence-corrected chi connectivity index (χ3v) is 0.581. The molecular weight excluding hydrogens is 91.1 g/mol. The van der Waals surface area contributed by atoms with Gasteiger partial charge in [-0.1, -0.05) is 0 Å². The summed E-state index contributed by atoms with van der Waals surface area (Å²) in [6.45, 7) is 0. The molecule has 0 amide bonds. The van der Waals surface area contributed by atoms with Crippen molar-refractivity contribution in [2.24, 2.45) is 0 Å². The summed E-state index contributed by atoms with van der Waals surface area (Å²) in [6.07, 6.45) is 0.162. The Morgan fingerprint density at radius 2 is 2.25 bits per heavy atom. The van der Waals surface area contributed by atoms with E-state index in [1.807, 2.05) is 0 Å². The van der Waals surface area contributed by atoms with Crippen LogP contribution in [0.1, 0.15) is 0 Å². The van der Waals surface area contributed by atoms with E-state index < -0.39 is 0 Å². The third-order valence-electron chi connectivity index (χ3n) is 0.0645. The van der Waals surface area contributed by atoms with Crippen molar-refractivity contribution in [3.8, 4) is 0 Å². The van der Waals surface area contributed by atoms with Crippen molar-refractivity contribution in [1.82, 2.24) is 0 Å². The highest BCUT2D eigenvalue weighted by Gasteiger charge is 1.63. The van der Waals surface area contributed by atoms with E-state index in [1.54, 1.807) is 0 Å². The van der Waals surface area contributed by atoms with Crippen LogP contribution in [0.2, 0.25) is 0 Å². The Balaban J connectivity index is 2.30. The lowest BCUT2D eigenvalue weighted by Crippen LogP contribution is -1.51. The zero-order valence-electron chi connectivity index (χ0n) is 2.06. The molecule has 24 valence electrons. The smallest absolute Gasteiger partial charge is 0.212 e. The largest absolute Gasteiger partial charge is 0.355 e. The minimum Gasteiger partial charge on any atom is -0.355 e. The second kappa shape index (κ2) is 3.48. The number of aliphatic hydroxyl groups is 1. The van der Waals surface area contributed by atoms with Gasteiger partial charge >= 0.3 is 0 Å². The summed E-state index contributed by atoms with van der Waals surface area (Å²) in [5.74, 6) is 0. The highest BCUT2D eigenvalue weighted by molar-refractivity contribution is 7.96. The van der Waals surface area contributed by atoms with Crippen LogP contribution < -0.4 is 0 Å². The van der Waals surface area contributed by atoms with E-state index in [-0.39, 0.29) is 13.7 Å². The summed E-state index contributed by atoms with van der Waals surface area (Å²) < 4.78 is 0. The van der Waals surface area contributed by atoms with Crippen LogP contribution in [0.5, 0.6) is 0 Å². The van der Waals surface area contributed by atoms with E-state index in [0.717, 1.165) is 0 Å². The van der Waals surface area contributed by atoms with Gasteiger partial charge in [0.25, 0.3) is 0 Å². The SMILES string of the molecule is OC[PH+]=S. The molecule has 0 fully saturated rings. The Morgan fingerprint density at radius 3 is 2.25 bits per heavy atom. The van der Waals surface area contributed by atoms with E-state index in [0.29, 0.717) is 0 Å². The minimum absolute atomic E-state index is 0.162. The Kier molecular flexibility index (Phi) is 3.90. The lowest BCUT2D eigenvalue weighted by molar-refractivity contribution is 0.374. The molecule has 0 heterocycles. The van der Waals surface area contributed by atoms with Crippen LogP contribution in [0, 0.1) is 0 Å². The summed E-state index contributed by atoms with van der Waals surface area (Å²) in [7, 11) is 0.279. The van der Waals surface area contributed by atoms with Gasteiger partial charge in [-0.25, -0.2) is 0 Å². The molecule has 0 radical (unpaired) electrons. The zero-order chi connectivity index (χ0) is 3.41. The molecule has 0 aliphatic heterocycles.